The number of rotatable bonds is 3. The molecule has 0 saturated carbocycles. The summed E-state index contributed by atoms with van der Waals surface area (Å²) in [6.45, 7) is 2.03. The number of aromatic amines is 1. The summed E-state index contributed by atoms with van der Waals surface area (Å²) in [5, 5.41) is 11.7. The van der Waals surface area contributed by atoms with Crippen molar-refractivity contribution in [3.05, 3.63) is 36.5 Å². The third kappa shape index (κ3) is 2.21. The van der Waals surface area contributed by atoms with Crippen molar-refractivity contribution >= 4 is 16.9 Å². The third-order valence-corrected chi connectivity index (χ3v) is 4.23. The van der Waals surface area contributed by atoms with Crippen LogP contribution < -0.4 is 10.2 Å². The molecule has 0 spiro atoms. The molecule has 0 aliphatic carbocycles. The molecule has 1 aliphatic rings. The van der Waals surface area contributed by atoms with Gasteiger partial charge in [0, 0.05) is 30.7 Å². The molecule has 2 N–H and O–H groups in total. The largest absolute Gasteiger partial charge is 0.355 e. The predicted octanol–water partition coefficient (Wildman–Crippen LogP) is 1.82. The number of pyridine rings is 2. The maximum atomic E-state index is 4.80. The van der Waals surface area contributed by atoms with E-state index in [2.05, 4.69) is 31.5 Å². The number of fused-ring (bicyclic) bond motifs is 1. The Labute approximate surface area is 128 Å². The van der Waals surface area contributed by atoms with E-state index in [-0.39, 0.29) is 0 Å². The van der Waals surface area contributed by atoms with Crippen LogP contribution in [0.1, 0.15) is 6.42 Å². The molecule has 0 amide bonds. The molecule has 1 fully saturated rings. The lowest BCUT2D eigenvalue weighted by atomic mass is 10.2. The van der Waals surface area contributed by atoms with Gasteiger partial charge in [0.1, 0.15) is 11.5 Å². The Morgan fingerprint density at radius 3 is 3.09 bits per heavy atom. The van der Waals surface area contributed by atoms with E-state index in [0.717, 1.165) is 47.7 Å². The molecule has 1 aliphatic heterocycles. The zero-order valence-corrected chi connectivity index (χ0v) is 12.5. The third-order valence-electron chi connectivity index (χ3n) is 4.23. The predicted molar refractivity (Wildman–Crippen MR) is 86.8 cm³/mol. The van der Waals surface area contributed by atoms with Crippen molar-refractivity contribution in [2.75, 3.05) is 25.0 Å². The van der Waals surface area contributed by atoms with Gasteiger partial charge in [-0.3, -0.25) is 5.10 Å². The quantitative estimate of drug-likeness (QED) is 0.771. The summed E-state index contributed by atoms with van der Waals surface area (Å²) in [7, 11) is 2.01. The van der Waals surface area contributed by atoms with E-state index in [1.807, 2.05) is 31.3 Å². The Morgan fingerprint density at radius 1 is 1.27 bits per heavy atom. The van der Waals surface area contributed by atoms with E-state index < -0.39 is 0 Å². The minimum Gasteiger partial charge on any atom is -0.355 e. The van der Waals surface area contributed by atoms with E-state index in [1.54, 1.807) is 6.20 Å². The maximum Gasteiger partial charge on any atom is 0.155 e. The lowest BCUT2D eigenvalue weighted by Gasteiger charge is -2.17. The second-order valence-corrected chi connectivity index (χ2v) is 5.57. The first-order chi connectivity index (χ1) is 10.8. The van der Waals surface area contributed by atoms with Crippen molar-refractivity contribution in [1.29, 1.82) is 0 Å². The van der Waals surface area contributed by atoms with Crippen molar-refractivity contribution in [3.8, 4) is 11.4 Å². The van der Waals surface area contributed by atoms with Gasteiger partial charge >= 0.3 is 0 Å². The summed E-state index contributed by atoms with van der Waals surface area (Å²) >= 11 is 0. The molecule has 4 heterocycles. The first-order valence-corrected chi connectivity index (χ1v) is 7.54. The summed E-state index contributed by atoms with van der Waals surface area (Å²) < 4.78 is 0. The highest BCUT2D eigenvalue weighted by atomic mass is 15.2. The molecule has 6 nitrogen and oxygen atoms in total. The Balaban J connectivity index is 1.70. The topological polar surface area (TPSA) is 69.7 Å². The van der Waals surface area contributed by atoms with Gasteiger partial charge in [-0.25, -0.2) is 9.97 Å². The number of likely N-dealkylation sites (N-methyl/N-ethyl adjacent to an activating group) is 1. The highest BCUT2D eigenvalue weighted by Crippen LogP contribution is 2.26. The van der Waals surface area contributed by atoms with Crippen LogP contribution in [0, 0.1) is 0 Å². The fourth-order valence-corrected chi connectivity index (χ4v) is 2.99. The smallest absolute Gasteiger partial charge is 0.155 e. The van der Waals surface area contributed by atoms with E-state index in [0.29, 0.717) is 6.04 Å². The molecule has 0 radical (unpaired) electrons. The molecule has 112 valence electrons. The number of aromatic nitrogens is 4. The van der Waals surface area contributed by atoms with Gasteiger partial charge in [-0.05, 0) is 37.7 Å². The number of H-pyrrole nitrogens is 1. The molecular formula is C16H18N6. The van der Waals surface area contributed by atoms with Gasteiger partial charge in [-0.2, -0.15) is 5.10 Å². The molecule has 1 atom stereocenters. The molecule has 0 bridgehead atoms. The fourth-order valence-electron chi connectivity index (χ4n) is 2.99. The minimum atomic E-state index is 0.542. The normalized spacial score (nSPS) is 18.2. The van der Waals surface area contributed by atoms with Crippen LogP contribution >= 0.6 is 0 Å². The van der Waals surface area contributed by atoms with Crippen molar-refractivity contribution in [2.45, 2.75) is 12.5 Å². The molecule has 3 aromatic rings. The SMILES string of the molecule is CNC1CCN(c2cccc(-c3n[nH]c4ncccc34)n2)C1. The van der Waals surface area contributed by atoms with E-state index >= 15 is 0 Å². The average molecular weight is 294 g/mol. The number of anilines is 1. The van der Waals surface area contributed by atoms with E-state index in [9.17, 15) is 0 Å². The highest BCUT2D eigenvalue weighted by molar-refractivity contribution is 5.89. The Kier molecular flexibility index (Phi) is 3.23. The molecule has 4 rings (SSSR count). The summed E-state index contributed by atoms with van der Waals surface area (Å²) in [6.07, 6.45) is 2.91. The fraction of sp³-hybridized carbons (Fsp3) is 0.312. The first-order valence-electron chi connectivity index (χ1n) is 7.54. The monoisotopic (exact) mass is 294 g/mol. The standard InChI is InChI=1S/C16H18N6/c1-17-11-7-9-22(10-11)14-6-2-5-13(19-14)15-12-4-3-8-18-16(12)21-20-15/h2-6,8,11,17H,7,9-10H2,1H3,(H,18,20,21). The maximum absolute atomic E-state index is 4.80. The molecule has 6 heteroatoms. The van der Waals surface area contributed by atoms with Crippen molar-refractivity contribution in [1.82, 2.24) is 25.5 Å². The van der Waals surface area contributed by atoms with E-state index in [1.165, 1.54) is 0 Å². The van der Waals surface area contributed by atoms with Gasteiger partial charge < -0.3 is 10.2 Å². The molecule has 1 unspecified atom stereocenters. The second-order valence-electron chi connectivity index (χ2n) is 5.57. The molecule has 1 saturated heterocycles. The van der Waals surface area contributed by atoms with Crippen LogP contribution in [0.5, 0.6) is 0 Å². The Bertz CT molecular complexity index is 796. The first kappa shape index (κ1) is 13.2. The van der Waals surface area contributed by atoms with Crippen LogP contribution in [-0.4, -0.2) is 46.3 Å². The summed E-state index contributed by atoms with van der Waals surface area (Å²) in [4.78, 5) is 11.4. The molecule has 3 aromatic heterocycles. The van der Waals surface area contributed by atoms with Gasteiger partial charge in [0.05, 0.1) is 5.69 Å². The van der Waals surface area contributed by atoms with Crippen molar-refractivity contribution in [3.63, 3.8) is 0 Å². The number of hydrogen-bond donors (Lipinski definition) is 2. The lowest BCUT2D eigenvalue weighted by Crippen LogP contribution is -2.29. The summed E-state index contributed by atoms with van der Waals surface area (Å²) in [5.74, 6) is 1.01. The van der Waals surface area contributed by atoms with Gasteiger partial charge in [0.2, 0.25) is 0 Å². The molecule has 0 aromatic carbocycles. The van der Waals surface area contributed by atoms with Gasteiger partial charge in [0.25, 0.3) is 0 Å². The van der Waals surface area contributed by atoms with Crippen molar-refractivity contribution in [2.24, 2.45) is 0 Å². The van der Waals surface area contributed by atoms with Gasteiger partial charge in [-0.1, -0.05) is 6.07 Å². The highest BCUT2D eigenvalue weighted by Gasteiger charge is 2.22. The van der Waals surface area contributed by atoms with Crippen molar-refractivity contribution < 1.29 is 0 Å². The van der Waals surface area contributed by atoms with Crippen LogP contribution in [0.4, 0.5) is 5.82 Å². The van der Waals surface area contributed by atoms with E-state index in [4.69, 9.17) is 4.98 Å². The number of nitrogens with zero attached hydrogens (tertiary/aromatic N) is 4. The zero-order chi connectivity index (χ0) is 14.9. The number of hydrogen-bond acceptors (Lipinski definition) is 5. The van der Waals surface area contributed by atoms with Crippen LogP contribution in [0.25, 0.3) is 22.4 Å². The molecular weight excluding hydrogens is 276 g/mol. The second kappa shape index (κ2) is 5.38. The average Bonchev–Trinajstić information content (AvgIpc) is 3.22. The van der Waals surface area contributed by atoms with Crippen LogP contribution in [-0.2, 0) is 0 Å². The molecule has 22 heavy (non-hydrogen) atoms. The van der Waals surface area contributed by atoms with Gasteiger partial charge in [0.15, 0.2) is 5.65 Å². The lowest BCUT2D eigenvalue weighted by molar-refractivity contribution is 0.616. The zero-order valence-electron chi connectivity index (χ0n) is 12.5. The Morgan fingerprint density at radius 2 is 2.23 bits per heavy atom. The summed E-state index contributed by atoms with van der Waals surface area (Å²) in [6, 6.07) is 10.6. The summed E-state index contributed by atoms with van der Waals surface area (Å²) in [5.41, 5.74) is 2.53. The van der Waals surface area contributed by atoms with Crippen LogP contribution in [0.2, 0.25) is 0 Å². The van der Waals surface area contributed by atoms with Crippen LogP contribution in [0.3, 0.4) is 0 Å². The van der Waals surface area contributed by atoms with Crippen LogP contribution in [0.15, 0.2) is 36.5 Å². The minimum absolute atomic E-state index is 0.542. The van der Waals surface area contributed by atoms with Gasteiger partial charge in [-0.15, -0.1) is 0 Å². The Hall–Kier alpha value is -2.47. The number of nitrogens with one attached hydrogen (secondary N) is 2.